The number of likely N-dealkylation sites (N-methyl/N-ethyl adjacent to an activating group) is 1. The topological polar surface area (TPSA) is 75.5 Å². The van der Waals surface area contributed by atoms with Crippen LogP contribution in [0, 0.1) is 0 Å². The first-order valence-corrected chi connectivity index (χ1v) is 10.2. The van der Waals surface area contributed by atoms with E-state index in [0.29, 0.717) is 13.0 Å². The number of ether oxygens (including phenoxy) is 2. The van der Waals surface area contributed by atoms with Crippen LogP contribution in [-0.4, -0.2) is 48.7 Å². The van der Waals surface area contributed by atoms with E-state index >= 15 is 0 Å². The van der Waals surface area contributed by atoms with Gasteiger partial charge >= 0.3 is 0 Å². The molecule has 0 saturated carbocycles. The molecule has 7 heteroatoms. The summed E-state index contributed by atoms with van der Waals surface area (Å²) < 4.78 is 11.1. The first kappa shape index (κ1) is 20.1. The lowest BCUT2D eigenvalue weighted by Crippen LogP contribution is -2.32. The van der Waals surface area contributed by atoms with Crippen LogP contribution in [0.4, 0.5) is 5.69 Å². The van der Waals surface area contributed by atoms with Crippen LogP contribution in [-0.2, 0) is 11.2 Å². The molecule has 1 N–H and O–H groups in total. The van der Waals surface area contributed by atoms with Gasteiger partial charge in [-0.15, -0.1) is 5.10 Å². The quantitative estimate of drug-likeness (QED) is 0.797. The third-order valence-electron chi connectivity index (χ3n) is 5.32. The second-order valence-corrected chi connectivity index (χ2v) is 7.41. The summed E-state index contributed by atoms with van der Waals surface area (Å²) in [6, 6.07) is 11.7. The molecule has 1 amide bonds. The van der Waals surface area contributed by atoms with Gasteiger partial charge in [-0.05, 0) is 49.8 Å². The second kappa shape index (κ2) is 8.67. The van der Waals surface area contributed by atoms with Crippen molar-refractivity contribution in [2.45, 2.75) is 27.2 Å². The van der Waals surface area contributed by atoms with E-state index in [1.807, 2.05) is 57.2 Å². The van der Waals surface area contributed by atoms with Gasteiger partial charge in [0, 0.05) is 28.9 Å². The number of anilines is 1. The summed E-state index contributed by atoms with van der Waals surface area (Å²) >= 11 is 0. The number of hydrogen-bond acceptors (Lipinski definition) is 6. The van der Waals surface area contributed by atoms with Gasteiger partial charge in [-0.1, -0.05) is 26.0 Å². The van der Waals surface area contributed by atoms with Crippen molar-refractivity contribution in [2.24, 2.45) is 10.2 Å². The predicted octanol–water partition coefficient (Wildman–Crippen LogP) is 3.47. The van der Waals surface area contributed by atoms with Gasteiger partial charge in [-0.25, -0.2) is 0 Å². The molecule has 156 valence electrons. The first-order chi connectivity index (χ1) is 14.6. The van der Waals surface area contributed by atoms with E-state index in [9.17, 15) is 4.79 Å². The number of amides is 1. The molecule has 2 aromatic rings. The maximum Gasteiger partial charge on any atom is 0.238 e. The summed E-state index contributed by atoms with van der Waals surface area (Å²) in [4.78, 5) is 14.3. The molecule has 0 spiro atoms. The van der Waals surface area contributed by atoms with Gasteiger partial charge in [-0.2, -0.15) is 5.10 Å². The Morgan fingerprint density at radius 1 is 1.07 bits per heavy atom. The standard InChI is InChI=1S/C23H26N4O3/c1-4-27(5-2)13-22(28)24-18-8-6-16(7-9-18)23-19-12-21-20(29-14-30-21)11-17(19)10-15(3)25-26-23/h6-9,11-12H,4-5,10,13-14H2,1-3H3,(H,24,28). The molecule has 0 atom stereocenters. The average molecular weight is 406 g/mol. The normalized spacial score (nSPS) is 14.7. The van der Waals surface area contributed by atoms with Crippen LogP contribution >= 0.6 is 0 Å². The Balaban J connectivity index is 1.58. The largest absolute Gasteiger partial charge is 0.454 e. The number of hydrogen-bond donors (Lipinski definition) is 1. The molecule has 7 nitrogen and oxygen atoms in total. The van der Waals surface area contributed by atoms with E-state index < -0.39 is 0 Å². The Hall–Kier alpha value is -3.19. The lowest BCUT2D eigenvalue weighted by Gasteiger charge is -2.17. The van der Waals surface area contributed by atoms with Crippen LogP contribution in [0.3, 0.4) is 0 Å². The van der Waals surface area contributed by atoms with E-state index in [4.69, 9.17) is 9.47 Å². The van der Waals surface area contributed by atoms with Gasteiger partial charge in [0.05, 0.1) is 6.54 Å². The number of nitrogens with one attached hydrogen (secondary N) is 1. The summed E-state index contributed by atoms with van der Waals surface area (Å²) in [5.74, 6) is 1.46. The van der Waals surface area contributed by atoms with Gasteiger partial charge in [0.15, 0.2) is 11.5 Å². The Kier molecular flexibility index (Phi) is 5.81. The molecule has 0 fully saturated rings. The number of nitrogens with zero attached hydrogens (tertiary/aromatic N) is 3. The molecule has 0 aromatic heterocycles. The molecule has 2 aliphatic heterocycles. The van der Waals surface area contributed by atoms with Crippen molar-refractivity contribution in [3.05, 3.63) is 53.1 Å². The zero-order valence-electron chi connectivity index (χ0n) is 17.6. The minimum absolute atomic E-state index is 0.0171. The summed E-state index contributed by atoms with van der Waals surface area (Å²) in [7, 11) is 0. The maximum absolute atomic E-state index is 12.3. The number of benzene rings is 2. The fourth-order valence-electron chi connectivity index (χ4n) is 3.63. The summed E-state index contributed by atoms with van der Waals surface area (Å²) in [6.07, 6.45) is 0.707. The van der Waals surface area contributed by atoms with Crippen LogP contribution in [0.1, 0.15) is 37.5 Å². The van der Waals surface area contributed by atoms with Crippen LogP contribution in [0.2, 0.25) is 0 Å². The van der Waals surface area contributed by atoms with Crippen LogP contribution < -0.4 is 14.8 Å². The minimum Gasteiger partial charge on any atom is -0.454 e. The summed E-state index contributed by atoms with van der Waals surface area (Å²) in [5, 5.41) is 11.8. The molecule has 30 heavy (non-hydrogen) atoms. The van der Waals surface area contributed by atoms with Gasteiger partial charge in [0.1, 0.15) is 5.71 Å². The molecule has 2 aliphatic rings. The highest BCUT2D eigenvalue weighted by Gasteiger charge is 2.22. The number of carbonyl (C=O) groups is 1. The van der Waals surface area contributed by atoms with Crippen molar-refractivity contribution < 1.29 is 14.3 Å². The van der Waals surface area contributed by atoms with E-state index in [-0.39, 0.29) is 12.7 Å². The fraction of sp³-hybridized carbons (Fsp3) is 0.348. The zero-order valence-corrected chi connectivity index (χ0v) is 17.6. The third-order valence-corrected chi connectivity index (χ3v) is 5.32. The van der Waals surface area contributed by atoms with Gasteiger partial charge in [0.2, 0.25) is 12.7 Å². The van der Waals surface area contributed by atoms with E-state index in [1.165, 1.54) is 0 Å². The SMILES string of the molecule is CCN(CC)CC(=O)Nc1ccc(C2=NN=C(C)Cc3cc4c(cc32)OCO4)cc1. The molecule has 0 saturated heterocycles. The van der Waals surface area contributed by atoms with Crippen LogP contribution in [0.5, 0.6) is 11.5 Å². The van der Waals surface area contributed by atoms with Crippen molar-refractivity contribution in [1.82, 2.24) is 4.90 Å². The smallest absolute Gasteiger partial charge is 0.238 e. The number of carbonyl (C=O) groups excluding carboxylic acids is 1. The molecule has 4 rings (SSSR count). The molecule has 2 aromatic carbocycles. The van der Waals surface area contributed by atoms with Gasteiger partial charge in [-0.3, -0.25) is 9.69 Å². The fourth-order valence-corrected chi connectivity index (χ4v) is 3.63. The van der Waals surface area contributed by atoms with E-state index in [2.05, 4.69) is 20.4 Å². The molecule has 0 unspecified atom stereocenters. The van der Waals surface area contributed by atoms with Crippen molar-refractivity contribution >= 4 is 23.0 Å². The monoisotopic (exact) mass is 406 g/mol. The second-order valence-electron chi connectivity index (χ2n) is 7.41. The first-order valence-electron chi connectivity index (χ1n) is 10.2. The van der Waals surface area contributed by atoms with E-state index in [0.717, 1.165) is 58.4 Å². The van der Waals surface area contributed by atoms with Crippen molar-refractivity contribution in [3.8, 4) is 11.5 Å². The molecule has 0 radical (unpaired) electrons. The highest BCUT2D eigenvalue weighted by molar-refractivity contribution is 6.15. The van der Waals surface area contributed by atoms with Gasteiger partial charge in [0.25, 0.3) is 0 Å². The Bertz CT molecular complexity index is 1010. The summed E-state index contributed by atoms with van der Waals surface area (Å²) in [6.45, 7) is 8.38. The predicted molar refractivity (Wildman–Crippen MR) is 118 cm³/mol. The minimum atomic E-state index is -0.0171. The molecular weight excluding hydrogens is 380 g/mol. The van der Waals surface area contributed by atoms with E-state index in [1.54, 1.807) is 0 Å². The Labute approximate surface area is 176 Å². The van der Waals surface area contributed by atoms with Crippen LogP contribution in [0.25, 0.3) is 0 Å². The lowest BCUT2D eigenvalue weighted by atomic mass is 9.94. The Morgan fingerprint density at radius 3 is 2.47 bits per heavy atom. The number of fused-ring (bicyclic) bond motifs is 2. The molecule has 2 heterocycles. The lowest BCUT2D eigenvalue weighted by molar-refractivity contribution is -0.117. The molecule has 0 aliphatic carbocycles. The zero-order chi connectivity index (χ0) is 21.1. The Morgan fingerprint density at radius 2 is 1.77 bits per heavy atom. The van der Waals surface area contributed by atoms with Crippen molar-refractivity contribution in [1.29, 1.82) is 0 Å². The number of rotatable bonds is 6. The van der Waals surface area contributed by atoms with Crippen molar-refractivity contribution in [2.75, 3.05) is 31.7 Å². The third kappa shape index (κ3) is 4.21. The highest BCUT2D eigenvalue weighted by atomic mass is 16.7. The molecule has 0 bridgehead atoms. The molecular formula is C23H26N4O3. The van der Waals surface area contributed by atoms with Gasteiger partial charge < -0.3 is 14.8 Å². The highest BCUT2D eigenvalue weighted by Crippen LogP contribution is 2.36. The van der Waals surface area contributed by atoms with Crippen molar-refractivity contribution in [3.63, 3.8) is 0 Å². The summed E-state index contributed by atoms with van der Waals surface area (Å²) in [5.41, 5.74) is 5.49. The maximum atomic E-state index is 12.3. The van der Waals surface area contributed by atoms with Crippen LogP contribution in [0.15, 0.2) is 46.6 Å². The average Bonchev–Trinajstić information content (AvgIpc) is 3.13.